The molecule has 0 aromatic rings. The summed E-state index contributed by atoms with van der Waals surface area (Å²) in [6, 6.07) is -0.193. The highest BCUT2D eigenvalue weighted by Crippen LogP contribution is 2.36. The van der Waals surface area contributed by atoms with Crippen LogP contribution in [0.4, 0.5) is 4.79 Å². The molecule has 0 radical (unpaired) electrons. The number of imide groups is 1. The summed E-state index contributed by atoms with van der Waals surface area (Å²) < 4.78 is 0. The molecular formula is C19H34N4O2. The first kappa shape index (κ1) is 18.6. The highest BCUT2D eigenvalue weighted by molar-refractivity contribution is 6.07. The van der Waals surface area contributed by atoms with E-state index in [0.717, 1.165) is 64.3 Å². The van der Waals surface area contributed by atoms with Crippen LogP contribution < -0.4 is 5.32 Å². The number of hydrogen-bond acceptors (Lipinski definition) is 4. The number of carbonyl (C=O) groups is 2. The summed E-state index contributed by atoms with van der Waals surface area (Å²) in [7, 11) is 0. The summed E-state index contributed by atoms with van der Waals surface area (Å²) in [5, 5.41) is 3.02. The van der Waals surface area contributed by atoms with Crippen LogP contribution in [0.2, 0.25) is 0 Å². The van der Waals surface area contributed by atoms with Gasteiger partial charge in [0.05, 0.1) is 6.67 Å². The fourth-order valence-corrected chi connectivity index (χ4v) is 4.19. The van der Waals surface area contributed by atoms with Gasteiger partial charge in [-0.15, -0.1) is 0 Å². The number of hydrogen-bond donors (Lipinski definition) is 1. The van der Waals surface area contributed by atoms with Gasteiger partial charge in [-0.1, -0.05) is 20.8 Å². The van der Waals surface area contributed by atoms with Crippen LogP contribution in [0.5, 0.6) is 0 Å². The summed E-state index contributed by atoms with van der Waals surface area (Å²) in [5.41, 5.74) is -0.608. The highest BCUT2D eigenvalue weighted by Gasteiger charge is 2.52. The van der Waals surface area contributed by atoms with Gasteiger partial charge in [0.15, 0.2) is 0 Å². The average molecular weight is 351 g/mol. The van der Waals surface area contributed by atoms with Crippen LogP contribution in [0.3, 0.4) is 0 Å². The zero-order chi connectivity index (χ0) is 18.0. The SMILES string of the molecule is CC(C)CCN1CCN(CN2C(=O)NC3(CCC(C)CC3)C2=O)CC1. The minimum absolute atomic E-state index is 0.00615. The Morgan fingerprint density at radius 3 is 2.28 bits per heavy atom. The molecule has 0 atom stereocenters. The molecule has 3 aliphatic rings. The highest BCUT2D eigenvalue weighted by atomic mass is 16.2. The molecule has 25 heavy (non-hydrogen) atoms. The second kappa shape index (κ2) is 7.62. The van der Waals surface area contributed by atoms with Crippen molar-refractivity contribution in [1.29, 1.82) is 0 Å². The van der Waals surface area contributed by atoms with Crippen molar-refractivity contribution in [3.63, 3.8) is 0 Å². The molecule has 0 unspecified atom stereocenters. The average Bonchev–Trinajstić information content (AvgIpc) is 2.81. The number of amides is 3. The van der Waals surface area contributed by atoms with Crippen molar-refractivity contribution in [3.05, 3.63) is 0 Å². The van der Waals surface area contributed by atoms with Crippen LogP contribution in [0.25, 0.3) is 0 Å². The van der Waals surface area contributed by atoms with Gasteiger partial charge >= 0.3 is 6.03 Å². The normalized spacial score (nSPS) is 32.0. The van der Waals surface area contributed by atoms with Gasteiger partial charge in [-0.25, -0.2) is 9.69 Å². The molecule has 3 fully saturated rings. The molecule has 6 nitrogen and oxygen atoms in total. The molecule has 2 saturated heterocycles. The van der Waals surface area contributed by atoms with E-state index in [4.69, 9.17) is 0 Å². The molecule has 142 valence electrons. The Morgan fingerprint density at radius 1 is 1.08 bits per heavy atom. The Balaban J connectivity index is 1.50. The number of carbonyl (C=O) groups excluding carboxylic acids is 2. The lowest BCUT2D eigenvalue weighted by Crippen LogP contribution is -2.52. The first-order valence-electron chi connectivity index (χ1n) is 9.98. The Kier molecular flexibility index (Phi) is 5.68. The molecule has 2 heterocycles. The Labute approximate surface area is 151 Å². The van der Waals surface area contributed by atoms with E-state index in [1.54, 1.807) is 0 Å². The molecule has 3 rings (SSSR count). The van der Waals surface area contributed by atoms with E-state index < -0.39 is 5.54 Å². The van der Waals surface area contributed by atoms with Crippen molar-refractivity contribution < 1.29 is 9.59 Å². The van der Waals surface area contributed by atoms with Gasteiger partial charge in [-0.05, 0) is 50.5 Å². The van der Waals surface area contributed by atoms with Crippen molar-refractivity contribution in [2.45, 2.75) is 58.4 Å². The van der Waals surface area contributed by atoms with Gasteiger partial charge in [0.25, 0.3) is 5.91 Å². The summed E-state index contributed by atoms with van der Waals surface area (Å²) in [5.74, 6) is 1.40. The molecular weight excluding hydrogens is 316 g/mol. The molecule has 0 aromatic carbocycles. The molecule has 1 spiro atoms. The number of piperazine rings is 1. The first-order valence-corrected chi connectivity index (χ1v) is 9.98. The molecule has 1 aliphatic carbocycles. The summed E-state index contributed by atoms with van der Waals surface area (Å²) >= 11 is 0. The predicted molar refractivity (Wildman–Crippen MR) is 98.1 cm³/mol. The van der Waals surface area contributed by atoms with Crippen LogP contribution in [0, 0.1) is 11.8 Å². The molecule has 1 saturated carbocycles. The zero-order valence-electron chi connectivity index (χ0n) is 16.1. The van der Waals surface area contributed by atoms with Gasteiger partial charge in [0.2, 0.25) is 0 Å². The largest absolute Gasteiger partial charge is 0.326 e. The van der Waals surface area contributed by atoms with Crippen LogP contribution in [-0.2, 0) is 4.79 Å². The van der Waals surface area contributed by atoms with E-state index in [1.165, 1.54) is 11.3 Å². The number of rotatable bonds is 5. The maximum Gasteiger partial charge on any atom is 0.326 e. The van der Waals surface area contributed by atoms with E-state index in [0.29, 0.717) is 12.6 Å². The van der Waals surface area contributed by atoms with E-state index >= 15 is 0 Å². The Morgan fingerprint density at radius 2 is 1.68 bits per heavy atom. The number of urea groups is 1. The smallest absolute Gasteiger partial charge is 0.323 e. The molecule has 3 amide bonds. The lowest BCUT2D eigenvalue weighted by atomic mass is 9.77. The predicted octanol–water partition coefficient (Wildman–Crippen LogP) is 2.11. The van der Waals surface area contributed by atoms with Crippen molar-refractivity contribution in [2.75, 3.05) is 39.4 Å². The minimum Gasteiger partial charge on any atom is -0.323 e. The zero-order valence-corrected chi connectivity index (χ0v) is 16.1. The lowest BCUT2D eigenvalue weighted by molar-refractivity contribution is -0.134. The monoisotopic (exact) mass is 350 g/mol. The summed E-state index contributed by atoms with van der Waals surface area (Å²) in [4.78, 5) is 31.5. The van der Waals surface area contributed by atoms with Crippen LogP contribution in [0.15, 0.2) is 0 Å². The Bertz CT molecular complexity index is 492. The van der Waals surface area contributed by atoms with Gasteiger partial charge < -0.3 is 10.2 Å². The van der Waals surface area contributed by atoms with E-state index in [2.05, 4.69) is 35.9 Å². The molecule has 0 bridgehead atoms. The third-order valence-corrected chi connectivity index (χ3v) is 6.20. The van der Waals surface area contributed by atoms with E-state index in [-0.39, 0.29) is 11.9 Å². The van der Waals surface area contributed by atoms with Crippen LogP contribution in [-0.4, -0.2) is 71.6 Å². The van der Waals surface area contributed by atoms with Crippen molar-refractivity contribution in [3.8, 4) is 0 Å². The van der Waals surface area contributed by atoms with Crippen molar-refractivity contribution in [2.24, 2.45) is 11.8 Å². The topological polar surface area (TPSA) is 55.9 Å². The third kappa shape index (κ3) is 4.17. The number of nitrogens with one attached hydrogen (secondary N) is 1. The standard InChI is InChI=1S/C19H34N4O2/c1-15(2)6-9-21-10-12-22(13-11-21)14-23-17(24)19(20-18(23)25)7-4-16(3)5-8-19/h15-16H,4-14H2,1-3H3,(H,20,25). The minimum atomic E-state index is -0.608. The van der Waals surface area contributed by atoms with Gasteiger partial charge in [0.1, 0.15) is 5.54 Å². The fraction of sp³-hybridized carbons (Fsp3) is 0.895. The fourth-order valence-electron chi connectivity index (χ4n) is 4.19. The van der Waals surface area contributed by atoms with E-state index in [9.17, 15) is 9.59 Å². The third-order valence-electron chi connectivity index (χ3n) is 6.20. The molecule has 2 aliphatic heterocycles. The second-order valence-corrected chi connectivity index (χ2v) is 8.71. The van der Waals surface area contributed by atoms with Crippen molar-refractivity contribution in [1.82, 2.24) is 20.0 Å². The molecule has 1 N–H and O–H groups in total. The summed E-state index contributed by atoms with van der Waals surface area (Å²) in [6.45, 7) is 12.3. The van der Waals surface area contributed by atoms with Crippen LogP contribution >= 0.6 is 0 Å². The lowest BCUT2D eigenvalue weighted by Gasteiger charge is -2.37. The second-order valence-electron chi connectivity index (χ2n) is 8.71. The maximum atomic E-state index is 12.9. The molecule has 0 aromatic heterocycles. The van der Waals surface area contributed by atoms with Gasteiger partial charge in [-0.2, -0.15) is 0 Å². The molecule has 6 heteroatoms. The van der Waals surface area contributed by atoms with Gasteiger partial charge in [0, 0.05) is 26.2 Å². The number of nitrogens with zero attached hydrogens (tertiary/aromatic N) is 3. The van der Waals surface area contributed by atoms with Crippen LogP contribution in [0.1, 0.15) is 52.9 Å². The summed E-state index contributed by atoms with van der Waals surface area (Å²) in [6.07, 6.45) is 4.85. The maximum absolute atomic E-state index is 12.9. The van der Waals surface area contributed by atoms with Gasteiger partial charge in [-0.3, -0.25) is 9.69 Å². The van der Waals surface area contributed by atoms with Crippen molar-refractivity contribution >= 4 is 11.9 Å². The first-order chi connectivity index (χ1) is 11.9. The quantitative estimate of drug-likeness (QED) is 0.772. The Hall–Kier alpha value is -1.14. The van der Waals surface area contributed by atoms with E-state index in [1.807, 2.05) is 0 Å².